The summed E-state index contributed by atoms with van der Waals surface area (Å²) in [4.78, 5) is 22.6. The zero-order chi connectivity index (χ0) is 16.3. The molecule has 0 bridgehead atoms. The molecule has 0 saturated heterocycles. The maximum Gasteiger partial charge on any atom is 0.325 e. The van der Waals surface area contributed by atoms with Gasteiger partial charge in [0.15, 0.2) is 0 Å². The Bertz CT molecular complexity index is 688. The Morgan fingerprint density at radius 1 is 1.41 bits per heavy atom. The van der Waals surface area contributed by atoms with Crippen molar-refractivity contribution in [1.29, 1.82) is 0 Å². The lowest BCUT2D eigenvalue weighted by atomic mass is 10.2. The van der Waals surface area contributed by atoms with Crippen molar-refractivity contribution >= 4 is 17.6 Å². The van der Waals surface area contributed by atoms with Crippen molar-refractivity contribution in [2.24, 2.45) is 0 Å². The third-order valence-corrected chi connectivity index (χ3v) is 3.16. The minimum absolute atomic E-state index is 0.0669. The van der Waals surface area contributed by atoms with Crippen molar-refractivity contribution in [3.63, 3.8) is 0 Å². The molecule has 0 saturated carbocycles. The van der Waals surface area contributed by atoms with Crippen LogP contribution in [0.25, 0.3) is 0 Å². The largest absolute Gasteiger partial charge is 0.480 e. The smallest absolute Gasteiger partial charge is 0.325 e. The molecule has 0 aromatic carbocycles. The number of aliphatic carboxylic acids is 1. The summed E-state index contributed by atoms with van der Waals surface area (Å²) >= 11 is 0. The van der Waals surface area contributed by atoms with E-state index < -0.39 is 5.97 Å². The summed E-state index contributed by atoms with van der Waals surface area (Å²) in [6, 6.07) is 1.90. The molecule has 118 valence electrons. The molecule has 2 aromatic rings. The highest BCUT2D eigenvalue weighted by molar-refractivity contribution is 5.90. The second kappa shape index (κ2) is 6.42. The standard InChI is InChI=1S/C14H19N5O3/c1-9-4-10(2)19(17-9)11(3)5-13(20)16-12-6-15-18(7-12)8-14(21)22/h4,6-7,11H,5,8H2,1-3H3,(H,16,20)(H,21,22). The summed E-state index contributed by atoms with van der Waals surface area (Å²) < 4.78 is 3.07. The zero-order valence-corrected chi connectivity index (χ0v) is 12.8. The molecule has 22 heavy (non-hydrogen) atoms. The van der Waals surface area contributed by atoms with Crippen molar-refractivity contribution in [3.05, 3.63) is 29.8 Å². The van der Waals surface area contributed by atoms with E-state index >= 15 is 0 Å². The Morgan fingerprint density at radius 2 is 2.14 bits per heavy atom. The topological polar surface area (TPSA) is 102 Å². The van der Waals surface area contributed by atoms with Crippen LogP contribution in [0.15, 0.2) is 18.5 Å². The van der Waals surface area contributed by atoms with Gasteiger partial charge < -0.3 is 10.4 Å². The van der Waals surface area contributed by atoms with E-state index in [0.29, 0.717) is 5.69 Å². The Balaban J connectivity index is 1.93. The predicted octanol–water partition coefficient (Wildman–Crippen LogP) is 1.37. The maximum atomic E-state index is 12.0. The maximum absolute atomic E-state index is 12.0. The highest BCUT2D eigenvalue weighted by Crippen LogP contribution is 2.15. The van der Waals surface area contributed by atoms with Crippen LogP contribution in [0.1, 0.15) is 30.8 Å². The van der Waals surface area contributed by atoms with Gasteiger partial charge in [0, 0.05) is 18.3 Å². The first-order chi connectivity index (χ1) is 10.3. The zero-order valence-electron chi connectivity index (χ0n) is 12.8. The van der Waals surface area contributed by atoms with E-state index in [-0.39, 0.29) is 24.9 Å². The summed E-state index contributed by atoms with van der Waals surface area (Å²) in [5.41, 5.74) is 2.40. The summed E-state index contributed by atoms with van der Waals surface area (Å²) in [6.45, 7) is 5.54. The first-order valence-electron chi connectivity index (χ1n) is 6.92. The number of hydrogen-bond donors (Lipinski definition) is 2. The van der Waals surface area contributed by atoms with E-state index in [2.05, 4.69) is 15.5 Å². The Kier molecular flexibility index (Phi) is 4.59. The van der Waals surface area contributed by atoms with Gasteiger partial charge in [0.2, 0.25) is 5.91 Å². The van der Waals surface area contributed by atoms with Crippen LogP contribution in [-0.2, 0) is 16.1 Å². The number of carbonyl (C=O) groups is 2. The Morgan fingerprint density at radius 3 is 2.73 bits per heavy atom. The minimum Gasteiger partial charge on any atom is -0.480 e. The molecule has 0 aliphatic heterocycles. The highest BCUT2D eigenvalue weighted by Gasteiger charge is 2.14. The number of amides is 1. The van der Waals surface area contributed by atoms with Gasteiger partial charge in [0.25, 0.3) is 0 Å². The van der Waals surface area contributed by atoms with E-state index in [4.69, 9.17) is 5.11 Å². The van der Waals surface area contributed by atoms with E-state index in [1.807, 2.05) is 31.5 Å². The molecule has 8 heteroatoms. The number of aromatic nitrogens is 4. The fourth-order valence-electron chi connectivity index (χ4n) is 2.31. The lowest BCUT2D eigenvalue weighted by Gasteiger charge is -2.13. The van der Waals surface area contributed by atoms with E-state index in [1.165, 1.54) is 17.1 Å². The molecule has 0 radical (unpaired) electrons. The third-order valence-electron chi connectivity index (χ3n) is 3.16. The second-order valence-corrected chi connectivity index (χ2v) is 5.29. The van der Waals surface area contributed by atoms with Crippen LogP contribution in [0.5, 0.6) is 0 Å². The SMILES string of the molecule is Cc1cc(C)n(C(C)CC(=O)Nc2cnn(CC(=O)O)c2)n1. The van der Waals surface area contributed by atoms with Crippen LogP contribution in [0.4, 0.5) is 5.69 Å². The van der Waals surface area contributed by atoms with Gasteiger partial charge in [-0.3, -0.25) is 19.0 Å². The summed E-state index contributed by atoms with van der Waals surface area (Å²) in [5, 5.41) is 19.6. The summed E-state index contributed by atoms with van der Waals surface area (Å²) in [6.07, 6.45) is 3.18. The molecule has 8 nitrogen and oxygen atoms in total. The number of carboxylic acids is 1. The van der Waals surface area contributed by atoms with Gasteiger partial charge in [-0.15, -0.1) is 0 Å². The monoisotopic (exact) mass is 305 g/mol. The van der Waals surface area contributed by atoms with Crippen LogP contribution < -0.4 is 5.32 Å². The van der Waals surface area contributed by atoms with Crippen LogP contribution >= 0.6 is 0 Å². The Labute approximate surface area is 127 Å². The van der Waals surface area contributed by atoms with Gasteiger partial charge >= 0.3 is 5.97 Å². The lowest BCUT2D eigenvalue weighted by molar-refractivity contribution is -0.137. The normalized spacial score (nSPS) is 12.1. The second-order valence-electron chi connectivity index (χ2n) is 5.29. The molecule has 2 aromatic heterocycles. The molecular formula is C14H19N5O3. The average molecular weight is 305 g/mol. The minimum atomic E-state index is -0.987. The fraction of sp³-hybridized carbons (Fsp3) is 0.429. The number of carbonyl (C=O) groups excluding carboxylic acids is 1. The number of aryl methyl sites for hydroxylation is 2. The van der Waals surface area contributed by atoms with Crippen LogP contribution in [0, 0.1) is 13.8 Å². The van der Waals surface area contributed by atoms with Gasteiger partial charge in [0.1, 0.15) is 6.54 Å². The number of hydrogen-bond acceptors (Lipinski definition) is 4. The first-order valence-corrected chi connectivity index (χ1v) is 6.92. The van der Waals surface area contributed by atoms with Gasteiger partial charge in [-0.1, -0.05) is 0 Å². The number of nitrogens with one attached hydrogen (secondary N) is 1. The molecule has 2 N–H and O–H groups in total. The number of anilines is 1. The number of rotatable bonds is 6. The van der Waals surface area contributed by atoms with Crippen molar-refractivity contribution in [1.82, 2.24) is 19.6 Å². The molecule has 0 aliphatic carbocycles. The summed E-state index contributed by atoms with van der Waals surface area (Å²) in [5.74, 6) is -1.16. The van der Waals surface area contributed by atoms with Crippen molar-refractivity contribution < 1.29 is 14.7 Å². The number of nitrogens with zero attached hydrogens (tertiary/aromatic N) is 4. The quantitative estimate of drug-likeness (QED) is 0.839. The van der Waals surface area contributed by atoms with Crippen molar-refractivity contribution in [3.8, 4) is 0 Å². The van der Waals surface area contributed by atoms with E-state index in [0.717, 1.165) is 11.4 Å². The summed E-state index contributed by atoms with van der Waals surface area (Å²) in [7, 11) is 0. The van der Waals surface area contributed by atoms with Crippen molar-refractivity contribution in [2.75, 3.05) is 5.32 Å². The van der Waals surface area contributed by atoms with Gasteiger partial charge in [-0.25, -0.2) is 0 Å². The molecule has 1 unspecified atom stereocenters. The van der Waals surface area contributed by atoms with Gasteiger partial charge in [-0.2, -0.15) is 10.2 Å². The highest BCUT2D eigenvalue weighted by atomic mass is 16.4. The van der Waals surface area contributed by atoms with Gasteiger partial charge in [0.05, 0.1) is 23.6 Å². The molecule has 1 amide bonds. The van der Waals surface area contributed by atoms with Crippen LogP contribution in [-0.4, -0.2) is 36.5 Å². The van der Waals surface area contributed by atoms with Crippen molar-refractivity contribution in [2.45, 2.75) is 39.8 Å². The lowest BCUT2D eigenvalue weighted by Crippen LogP contribution is -2.19. The van der Waals surface area contributed by atoms with Gasteiger partial charge in [-0.05, 0) is 26.8 Å². The predicted molar refractivity (Wildman–Crippen MR) is 79.5 cm³/mol. The number of carboxylic acid groups (broad SMARTS) is 1. The molecule has 0 spiro atoms. The molecule has 0 aliphatic rings. The molecule has 1 atom stereocenters. The average Bonchev–Trinajstić information content (AvgIpc) is 2.95. The fourth-order valence-corrected chi connectivity index (χ4v) is 2.31. The van der Waals surface area contributed by atoms with Crippen LogP contribution in [0.3, 0.4) is 0 Å². The van der Waals surface area contributed by atoms with Crippen LogP contribution in [0.2, 0.25) is 0 Å². The van der Waals surface area contributed by atoms with E-state index in [1.54, 1.807) is 0 Å². The first kappa shape index (κ1) is 15.7. The van der Waals surface area contributed by atoms with E-state index in [9.17, 15) is 9.59 Å². The molecule has 2 heterocycles. The molecule has 2 rings (SSSR count). The molecular weight excluding hydrogens is 286 g/mol. The third kappa shape index (κ3) is 3.94. The Hall–Kier alpha value is -2.64. The molecule has 0 fully saturated rings.